The monoisotopic (exact) mass is 396 g/mol. The molecular formula is C21H24N4O4. The number of hydrogen-bond acceptors (Lipinski definition) is 7. The van der Waals surface area contributed by atoms with Gasteiger partial charge >= 0.3 is 0 Å². The number of fused-ring (bicyclic) bond motifs is 2. The SMILES string of the molecule is CC1(C)O[C@@H]2[C@@H](c3nc(N)c4cc[nH]c4n3)O[C@H](COc3ccccc3)[C@@]2(C)O1. The van der Waals surface area contributed by atoms with Crippen molar-refractivity contribution in [1.29, 1.82) is 0 Å². The molecule has 2 aromatic heterocycles. The maximum atomic E-state index is 6.34. The number of nitrogens with zero attached hydrogens (tertiary/aromatic N) is 2. The van der Waals surface area contributed by atoms with Crippen LogP contribution in [0.5, 0.6) is 5.75 Å². The molecule has 4 heterocycles. The van der Waals surface area contributed by atoms with Crippen LogP contribution in [0.2, 0.25) is 0 Å². The molecule has 2 saturated heterocycles. The Kier molecular flexibility index (Phi) is 4.06. The normalized spacial score (nSPS) is 30.5. The number of nitrogens with one attached hydrogen (secondary N) is 1. The Morgan fingerprint density at radius 1 is 1.14 bits per heavy atom. The molecule has 8 heteroatoms. The minimum absolute atomic E-state index is 0.313. The summed E-state index contributed by atoms with van der Waals surface area (Å²) in [5, 5.41) is 0.780. The largest absolute Gasteiger partial charge is 0.491 e. The third kappa shape index (κ3) is 3.04. The lowest BCUT2D eigenvalue weighted by atomic mass is 9.93. The molecular weight excluding hydrogens is 372 g/mol. The van der Waals surface area contributed by atoms with Crippen molar-refractivity contribution in [2.24, 2.45) is 0 Å². The standard InChI is InChI=1S/C21H24N4O4/c1-20(2)28-16-15(19-24-17(22)13-9-10-23-18(13)25-19)27-14(21(16,3)29-20)11-26-12-7-5-4-6-8-12/h4-10,14-16H,11H2,1-3H3,(H3,22,23,24,25)/t14-,15+,16-,21-/m1/s1. The van der Waals surface area contributed by atoms with Crippen LogP contribution in [0.15, 0.2) is 42.6 Å². The van der Waals surface area contributed by atoms with Gasteiger partial charge in [-0.05, 0) is 39.0 Å². The third-order valence-electron chi connectivity index (χ3n) is 5.53. The summed E-state index contributed by atoms with van der Waals surface area (Å²) in [6.45, 7) is 6.09. The molecule has 0 saturated carbocycles. The molecule has 2 aliphatic rings. The lowest BCUT2D eigenvalue weighted by molar-refractivity contribution is -0.207. The highest BCUT2D eigenvalue weighted by molar-refractivity contribution is 5.85. The third-order valence-corrected chi connectivity index (χ3v) is 5.53. The van der Waals surface area contributed by atoms with E-state index < -0.39 is 23.6 Å². The van der Waals surface area contributed by atoms with Gasteiger partial charge in [0, 0.05) is 6.20 Å². The fourth-order valence-electron chi connectivity index (χ4n) is 4.23. The Morgan fingerprint density at radius 2 is 1.93 bits per heavy atom. The van der Waals surface area contributed by atoms with E-state index in [2.05, 4.69) is 15.0 Å². The molecule has 0 radical (unpaired) electrons. The number of nitrogens with two attached hydrogens (primary N) is 1. The first-order valence-electron chi connectivity index (χ1n) is 9.67. The molecule has 0 bridgehead atoms. The summed E-state index contributed by atoms with van der Waals surface area (Å²) >= 11 is 0. The number of nitrogen functional groups attached to an aromatic ring is 1. The number of ether oxygens (including phenoxy) is 4. The van der Waals surface area contributed by atoms with Crippen molar-refractivity contribution in [1.82, 2.24) is 15.0 Å². The van der Waals surface area contributed by atoms with E-state index in [4.69, 9.17) is 24.7 Å². The van der Waals surface area contributed by atoms with Crippen LogP contribution < -0.4 is 10.5 Å². The van der Waals surface area contributed by atoms with E-state index in [0.29, 0.717) is 23.9 Å². The number of anilines is 1. The zero-order valence-electron chi connectivity index (χ0n) is 16.6. The quantitative estimate of drug-likeness (QED) is 0.698. The van der Waals surface area contributed by atoms with Crippen LogP contribution in [0.4, 0.5) is 5.82 Å². The van der Waals surface area contributed by atoms with Crippen molar-refractivity contribution >= 4 is 16.9 Å². The highest BCUT2D eigenvalue weighted by atomic mass is 16.8. The fourth-order valence-corrected chi connectivity index (χ4v) is 4.23. The van der Waals surface area contributed by atoms with Crippen molar-refractivity contribution in [2.45, 2.75) is 50.5 Å². The summed E-state index contributed by atoms with van der Waals surface area (Å²) in [5.74, 6) is 0.885. The van der Waals surface area contributed by atoms with E-state index in [1.807, 2.05) is 57.2 Å². The topological polar surface area (TPSA) is 105 Å². The molecule has 4 atom stereocenters. The number of H-pyrrole nitrogens is 1. The van der Waals surface area contributed by atoms with Gasteiger partial charge in [-0.25, -0.2) is 9.97 Å². The zero-order chi connectivity index (χ0) is 20.2. The van der Waals surface area contributed by atoms with Gasteiger partial charge in [0.2, 0.25) is 0 Å². The lowest BCUT2D eigenvalue weighted by Gasteiger charge is -2.29. The summed E-state index contributed by atoms with van der Waals surface area (Å²) in [7, 11) is 0. The van der Waals surface area contributed by atoms with Gasteiger partial charge in [-0.1, -0.05) is 18.2 Å². The number of aromatic nitrogens is 3. The van der Waals surface area contributed by atoms with E-state index in [1.165, 1.54) is 0 Å². The second-order valence-electron chi connectivity index (χ2n) is 8.10. The Labute approximate surface area is 168 Å². The van der Waals surface area contributed by atoms with Crippen LogP contribution in [0.25, 0.3) is 11.0 Å². The number of para-hydroxylation sites is 1. The predicted molar refractivity (Wildman–Crippen MR) is 106 cm³/mol. The van der Waals surface area contributed by atoms with Crippen molar-refractivity contribution in [2.75, 3.05) is 12.3 Å². The van der Waals surface area contributed by atoms with Crippen LogP contribution in [0, 0.1) is 0 Å². The van der Waals surface area contributed by atoms with Gasteiger partial charge in [0.05, 0.1) is 5.39 Å². The molecule has 3 N–H and O–H groups in total. The smallest absolute Gasteiger partial charge is 0.164 e. The molecule has 0 unspecified atom stereocenters. The van der Waals surface area contributed by atoms with Crippen LogP contribution in [0.1, 0.15) is 32.7 Å². The van der Waals surface area contributed by atoms with Crippen molar-refractivity contribution in [3.05, 3.63) is 48.4 Å². The highest BCUT2D eigenvalue weighted by Crippen LogP contribution is 2.51. The van der Waals surface area contributed by atoms with Crippen LogP contribution >= 0.6 is 0 Å². The summed E-state index contributed by atoms with van der Waals surface area (Å²) in [6.07, 6.45) is 0.493. The van der Waals surface area contributed by atoms with E-state index in [9.17, 15) is 0 Å². The van der Waals surface area contributed by atoms with Crippen LogP contribution in [-0.2, 0) is 14.2 Å². The molecule has 0 aliphatic carbocycles. The lowest BCUT2D eigenvalue weighted by Crippen LogP contribution is -2.46. The van der Waals surface area contributed by atoms with E-state index in [0.717, 1.165) is 11.1 Å². The van der Waals surface area contributed by atoms with Crippen molar-refractivity contribution in [3.63, 3.8) is 0 Å². The van der Waals surface area contributed by atoms with E-state index in [-0.39, 0.29) is 6.10 Å². The number of aromatic amines is 1. The first-order chi connectivity index (χ1) is 13.9. The summed E-state index contributed by atoms with van der Waals surface area (Å²) in [4.78, 5) is 12.2. The predicted octanol–water partition coefficient (Wildman–Crippen LogP) is 2.97. The Hall–Kier alpha value is -2.68. The molecule has 5 rings (SSSR count). The van der Waals surface area contributed by atoms with E-state index >= 15 is 0 Å². The molecule has 3 aromatic rings. The Balaban J connectivity index is 1.47. The van der Waals surface area contributed by atoms with E-state index in [1.54, 1.807) is 6.20 Å². The maximum absolute atomic E-state index is 6.34. The number of benzene rings is 1. The maximum Gasteiger partial charge on any atom is 0.164 e. The van der Waals surface area contributed by atoms with Crippen LogP contribution in [-0.4, -0.2) is 45.2 Å². The second kappa shape index (κ2) is 6.41. The summed E-state index contributed by atoms with van der Waals surface area (Å²) < 4.78 is 24.8. The van der Waals surface area contributed by atoms with Crippen molar-refractivity contribution < 1.29 is 18.9 Å². The van der Waals surface area contributed by atoms with Gasteiger partial charge in [-0.3, -0.25) is 0 Å². The minimum Gasteiger partial charge on any atom is -0.491 e. The van der Waals surface area contributed by atoms with Crippen LogP contribution in [0.3, 0.4) is 0 Å². The molecule has 152 valence electrons. The molecule has 2 fully saturated rings. The average molecular weight is 396 g/mol. The van der Waals surface area contributed by atoms with Gasteiger partial charge in [-0.15, -0.1) is 0 Å². The zero-order valence-corrected chi connectivity index (χ0v) is 16.6. The van der Waals surface area contributed by atoms with Gasteiger partial charge < -0.3 is 29.7 Å². The molecule has 29 heavy (non-hydrogen) atoms. The molecule has 1 aromatic carbocycles. The van der Waals surface area contributed by atoms with Gasteiger partial charge in [0.1, 0.15) is 47.7 Å². The molecule has 2 aliphatic heterocycles. The van der Waals surface area contributed by atoms with Gasteiger partial charge in [0.25, 0.3) is 0 Å². The Bertz CT molecular complexity index is 1040. The highest BCUT2D eigenvalue weighted by Gasteiger charge is 2.64. The molecule has 8 nitrogen and oxygen atoms in total. The first-order valence-corrected chi connectivity index (χ1v) is 9.67. The van der Waals surface area contributed by atoms with Gasteiger partial charge in [-0.2, -0.15) is 0 Å². The number of hydrogen-bond donors (Lipinski definition) is 2. The minimum atomic E-state index is -0.755. The van der Waals surface area contributed by atoms with Gasteiger partial charge in [0.15, 0.2) is 11.6 Å². The first kappa shape index (κ1) is 18.4. The molecule has 0 amide bonds. The Morgan fingerprint density at radius 3 is 2.72 bits per heavy atom. The summed E-state index contributed by atoms with van der Waals surface area (Å²) in [5.41, 5.74) is 6.09. The second-order valence-corrected chi connectivity index (χ2v) is 8.10. The molecule has 0 spiro atoms. The fraction of sp³-hybridized carbons (Fsp3) is 0.429. The summed E-state index contributed by atoms with van der Waals surface area (Å²) in [6, 6.07) is 11.5. The average Bonchev–Trinajstić information content (AvgIpc) is 3.31. The van der Waals surface area contributed by atoms with Crippen molar-refractivity contribution in [3.8, 4) is 5.75 Å². The number of rotatable bonds is 4.